The van der Waals surface area contributed by atoms with Gasteiger partial charge in [-0.1, -0.05) is 125 Å². The number of hydrogen-bond donors (Lipinski definition) is 0. The Labute approximate surface area is 306 Å². The van der Waals surface area contributed by atoms with Crippen LogP contribution in [-0.4, -0.2) is 31.4 Å². The van der Waals surface area contributed by atoms with Crippen LogP contribution in [0.1, 0.15) is 138 Å². The van der Waals surface area contributed by atoms with Crippen LogP contribution in [-0.2, 0) is 18.9 Å². The predicted molar refractivity (Wildman–Crippen MR) is 205 cm³/mol. The first-order valence-corrected chi connectivity index (χ1v) is 19.6. The lowest BCUT2D eigenvalue weighted by Crippen LogP contribution is -2.34. The summed E-state index contributed by atoms with van der Waals surface area (Å²) in [7, 11) is 0. The summed E-state index contributed by atoms with van der Waals surface area (Å²) in [5.74, 6) is 0.802. The van der Waals surface area contributed by atoms with Crippen molar-refractivity contribution in [1.82, 2.24) is 0 Å². The summed E-state index contributed by atoms with van der Waals surface area (Å²) >= 11 is 0. The van der Waals surface area contributed by atoms with Crippen LogP contribution in [0.25, 0.3) is 11.1 Å². The maximum absolute atomic E-state index is 13.8. The van der Waals surface area contributed by atoms with E-state index in [1.807, 2.05) is 78.9 Å². The molecular weight excluding hydrogens is 636 g/mol. The highest BCUT2D eigenvalue weighted by Crippen LogP contribution is 2.36. The lowest BCUT2D eigenvalue weighted by atomic mass is 9.94. The minimum atomic E-state index is -0.539. The van der Waals surface area contributed by atoms with E-state index in [9.17, 15) is 4.79 Å². The Morgan fingerprint density at radius 1 is 0.725 bits per heavy atom. The highest BCUT2D eigenvalue weighted by atomic mass is 16.7. The van der Waals surface area contributed by atoms with Gasteiger partial charge in [0.25, 0.3) is 0 Å². The first kappa shape index (κ1) is 38.9. The number of ether oxygens (including phenoxy) is 5. The molecule has 6 nitrogen and oxygen atoms in total. The molecule has 0 saturated carbocycles. The van der Waals surface area contributed by atoms with E-state index in [1.54, 1.807) is 0 Å². The lowest BCUT2D eigenvalue weighted by Gasteiger charge is -2.35. The molecule has 0 aromatic heterocycles. The first-order valence-electron chi connectivity index (χ1n) is 19.6. The summed E-state index contributed by atoms with van der Waals surface area (Å²) in [6.45, 7) is 11.7. The molecule has 0 spiro atoms. The minimum Gasteiger partial charge on any atom is -0.423 e. The molecule has 2 aliphatic heterocycles. The number of rotatable bonds is 19. The summed E-state index contributed by atoms with van der Waals surface area (Å²) in [6, 6.07) is 23.2. The Hall–Kier alpha value is -3.29. The van der Waals surface area contributed by atoms with Crippen molar-refractivity contribution in [2.24, 2.45) is 11.8 Å². The van der Waals surface area contributed by atoms with E-state index in [0.717, 1.165) is 41.5 Å². The van der Waals surface area contributed by atoms with E-state index in [0.29, 0.717) is 36.4 Å². The molecule has 276 valence electrons. The van der Waals surface area contributed by atoms with Gasteiger partial charge in [-0.3, -0.25) is 0 Å². The summed E-state index contributed by atoms with van der Waals surface area (Å²) in [4.78, 5) is 13.8. The van der Waals surface area contributed by atoms with E-state index in [-0.39, 0.29) is 12.2 Å². The van der Waals surface area contributed by atoms with Crippen molar-refractivity contribution in [3.05, 3.63) is 102 Å². The number of carbonyl (C=O) groups is 1. The van der Waals surface area contributed by atoms with Crippen LogP contribution in [0.3, 0.4) is 0 Å². The van der Waals surface area contributed by atoms with Gasteiger partial charge in [-0.25, -0.2) is 4.79 Å². The van der Waals surface area contributed by atoms with Gasteiger partial charge in [0, 0.05) is 23.0 Å². The summed E-state index contributed by atoms with van der Waals surface area (Å²) in [5.41, 5.74) is 3.93. The molecule has 0 N–H and O–H groups in total. The molecule has 2 fully saturated rings. The zero-order valence-corrected chi connectivity index (χ0v) is 31.2. The van der Waals surface area contributed by atoms with Crippen molar-refractivity contribution >= 4 is 5.97 Å². The Balaban J connectivity index is 1.19. The van der Waals surface area contributed by atoms with E-state index >= 15 is 0 Å². The minimum absolute atomic E-state index is 0.0611. The number of benzene rings is 3. The van der Waals surface area contributed by atoms with E-state index in [4.69, 9.17) is 23.7 Å². The van der Waals surface area contributed by atoms with Crippen molar-refractivity contribution in [2.45, 2.75) is 129 Å². The normalized spacial score (nSPS) is 23.5. The van der Waals surface area contributed by atoms with Gasteiger partial charge in [-0.15, -0.1) is 6.58 Å². The van der Waals surface area contributed by atoms with Crippen molar-refractivity contribution in [1.29, 1.82) is 0 Å². The maximum atomic E-state index is 13.8. The standard InChI is InChI=1S/C45H60O6/c1-5-7-9-11-13-16-22-38-31-47-44(49-33(38)3)36-24-27-40(28-25-36)51-43(46)42-30-37(26-29-41(42)35-20-18-15-19-21-35)45-48-32-39(34(4)50-45)23-17-14-12-10-8-6-2/h6,15,18-21,24-30,33-34,38-39,44-45H,2,5,7-14,16-17,22-23,31-32H2,1,3-4H3. The highest BCUT2D eigenvalue weighted by molar-refractivity contribution is 5.98. The van der Waals surface area contributed by atoms with Crippen molar-refractivity contribution < 1.29 is 28.5 Å². The smallest absolute Gasteiger partial charge is 0.344 e. The van der Waals surface area contributed by atoms with Crippen molar-refractivity contribution in [3.8, 4) is 16.9 Å². The lowest BCUT2D eigenvalue weighted by molar-refractivity contribution is -0.237. The van der Waals surface area contributed by atoms with Gasteiger partial charge in [0.1, 0.15) is 5.75 Å². The van der Waals surface area contributed by atoms with Crippen LogP contribution in [0, 0.1) is 11.8 Å². The molecule has 6 heteroatoms. The highest BCUT2D eigenvalue weighted by Gasteiger charge is 2.31. The topological polar surface area (TPSA) is 63.2 Å². The molecule has 6 unspecified atom stereocenters. The molecule has 0 radical (unpaired) electrons. The Morgan fingerprint density at radius 2 is 1.29 bits per heavy atom. The molecule has 0 aliphatic carbocycles. The fraction of sp³-hybridized carbons (Fsp3) is 0.533. The third-order valence-corrected chi connectivity index (χ3v) is 10.6. The van der Waals surface area contributed by atoms with Crippen LogP contribution in [0.4, 0.5) is 0 Å². The number of unbranched alkanes of at least 4 members (excludes halogenated alkanes) is 9. The van der Waals surface area contributed by atoms with Crippen molar-refractivity contribution in [3.63, 3.8) is 0 Å². The van der Waals surface area contributed by atoms with Crippen LogP contribution in [0.2, 0.25) is 0 Å². The second-order valence-corrected chi connectivity index (χ2v) is 14.5. The van der Waals surface area contributed by atoms with Crippen LogP contribution < -0.4 is 4.74 Å². The Bertz CT molecular complexity index is 1470. The molecule has 3 aromatic rings. The zero-order chi connectivity index (χ0) is 35.8. The number of esters is 1. The molecule has 5 rings (SSSR count). The third kappa shape index (κ3) is 11.6. The Kier molecular flexibility index (Phi) is 15.8. The number of allylic oxidation sites excluding steroid dienone is 1. The molecule has 51 heavy (non-hydrogen) atoms. The summed E-state index contributed by atoms with van der Waals surface area (Å²) < 4.78 is 31.1. The summed E-state index contributed by atoms with van der Waals surface area (Å²) in [5, 5.41) is 0. The predicted octanol–water partition coefficient (Wildman–Crippen LogP) is 12.0. The van der Waals surface area contributed by atoms with E-state index in [1.165, 1.54) is 64.2 Å². The molecule has 0 amide bonds. The van der Waals surface area contributed by atoms with Gasteiger partial charge >= 0.3 is 5.97 Å². The Morgan fingerprint density at radius 3 is 1.90 bits per heavy atom. The largest absolute Gasteiger partial charge is 0.423 e. The number of hydrogen-bond acceptors (Lipinski definition) is 6. The molecule has 2 saturated heterocycles. The molecule has 0 bridgehead atoms. The van der Waals surface area contributed by atoms with Gasteiger partial charge in [0.2, 0.25) is 0 Å². The first-order chi connectivity index (χ1) is 25.0. The molecular formula is C45H60O6. The molecule has 3 aromatic carbocycles. The van der Waals surface area contributed by atoms with Gasteiger partial charge in [-0.2, -0.15) is 0 Å². The third-order valence-electron chi connectivity index (χ3n) is 10.6. The second-order valence-electron chi connectivity index (χ2n) is 14.5. The molecule has 2 heterocycles. The van der Waals surface area contributed by atoms with Gasteiger partial charge in [-0.05, 0) is 68.9 Å². The van der Waals surface area contributed by atoms with Crippen LogP contribution >= 0.6 is 0 Å². The zero-order valence-electron chi connectivity index (χ0n) is 31.2. The summed E-state index contributed by atoms with van der Waals surface area (Å²) in [6.07, 6.45) is 17.1. The van der Waals surface area contributed by atoms with Crippen molar-refractivity contribution in [2.75, 3.05) is 13.2 Å². The fourth-order valence-corrected chi connectivity index (χ4v) is 7.21. The van der Waals surface area contributed by atoms with Gasteiger partial charge < -0.3 is 23.7 Å². The average Bonchev–Trinajstić information content (AvgIpc) is 3.16. The van der Waals surface area contributed by atoms with Gasteiger partial charge in [0.05, 0.1) is 31.0 Å². The van der Waals surface area contributed by atoms with E-state index in [2.05, 4.69) is 27.4 Å². The quantitative estimate of drug-likeness (QED) is 0.0538. The van der Waals surface area contributed by atoms with Crippen LogP contribution in [0.5, 0.6) is 5.75 Å². The molecule has 2 aliphatic rings. The monoisotopic (exact) mass is 696 g/mol. The molecule has 6 atom stereocenters. The number of carbonyl (C=O) groups excluding carboxylic acids is 1. The second kappa shape index (κ2) is 20.7. The SMILES string of the molecule is C=CCCCCCCC1COC(c2ccc(-c3ccccc3)c(C(=O)Oc3ccc(C4OCC(CCCCCCCC)C(C)O4)cc3)c2)OC1C. The van der Waals surface area contributed by atoms with E-state index < -0.39 is 18.5 Å². The average molecular weight is 697 g/mol. The fourth-order valence-electron chi connectivity index (χ4n) is 7.21. The maximum Gasteiger partial charge on any atom is 0.344 e. The van der Waals surface area contributed by atoms with Crippen LogP contribution in [0.15, 0.2) is 85.5 Å². The van der Waals surface area contributed by atoms with Gasteiger partial charge in [0.15, 0.2) is 12.6 Å².